The van der Waals surface area contributed by atoms with Crippen LogP contribution in [0.15, 0.2) is 12.5 Å². The standard InChI is InChI=1S/C13H21N3O2/c1-13(2,3)18-12(17)10-6-14-5-9(10)11-7-16(4)8-15-11/h7-10,14H,5-6H2,1-4H3. The van der Waals surface area contributed by atoms with Gasteiger partial charge in [0.05, 0.1) is 17.9 Å². The topological polar surface area (TPSA) is 56.2 Å². The molecule has 2 heterocycles. The van der Waals surface area contributed by atoms with E-state index in [-0.39, 0.29) is 17.8 Å². The van der Waals surface area contributed by atoms with Gasteiger partial charge >= 0.3 is 5.97 Å². The highest BCUT2D eigenvalue weighted by molar-refractivity contribution is 5.75. The molecule has 2 rings (SSSR count). The summed E-state index contributed by atoms with van der Waals surface area (Å²) in [4.78, 5) is 16.5. The molecule has 5 heteroatoms. The number of aryl methyl sites for hydroxylation is 1. The Balaban J connectivity index is 2.10. The third-order valence-corrected chi connectivity index (χ3v) is 3.03. The number of hydrogen-bond acceptors (Lipinski definition) is 4. The number of rotatable bonds is 2. The molecule has 1 fully saturated rings. The van der Waals surface area contributed by atoms with Gasteiger partial charge in [0.2, 0.25) is 0 Å². The van der Waals surface area contributed by atoms with E-state index in [1.807, 2.05) is 38.6 Å². The van der Waals surface area contributed by atoms with Gasteiger partial charge in [-0.25, -0.2) is 4.98 Å². The van der Waals surface area contributed by atoms with Crippen molar-refractivity contribution in [1.82, 2.24) is 14.9 Å². The lowest BCUT2D eigenvalue weighted by molar-refractivity contribution is -0.159. The van der Waals surface area contributed by atoms with Crippen LogP contribution >= 0.6 is 0 Å². The first kappa shape index (κ1) is 13.1. The molecule has 1 aromatic rings. The maximum Gasteiger partial charge on any atom is 0.311 e. The van der Waals surface area contributed by atoms with E-state index in [9.17, 15) is 4.79 Å². The van der Waals surface area contributed by atoms with Gasteiger partial charge in [-0.2, -0.15) is 0 Å². The molecule has 0 aromatic carbocycles. The zero-order valence-electron chi connectivity index (χ0n) is 11.4. The number of carbonyl (C=O) groups is 1. The molecule has 2 unspecified atom stereocenters. The molecule has 5 nitrogen and oxygen atoms in total. The van der Waals surface area contributed by atoms with E-state index in [0.717, 1.165) is 12.2 Å². The zero-order valence-corrected chi connectivity index (χ0v) is 11.4. The van der Waals surface area contributed by atoms with Crippen LogP contribution in [0.2, 0.25) is 0 Å². The summed E-state index contributed by atoms with van der Waals surface area (Å²) in [7, 11) is 1.93. The number of imidazole rings is 1. The molecule has 1 aliphatic heterocycles. The molecule has 0 aliphatic carbocycles. The van der Waals surface area contributed by atoms with Gasteiger partial charge in [-0.15, -0.1) is 0 Å². The summed E-state index contributed by atoms with van der Waals surface area (Å²) in [5, 5.41) is 3.25. The fourth-order valence-electron chi connectivity index (χ4n) is 2.24. The predicted octanol–water partition coefficient (Wildman–Crippen LogP) is 1.06. The highest BCUT2D eigenvalue weighted by Gasteiger charge is 2.37. The summed E-state index contributed by atoms with van der Waals surface area (Å²) in [5.74, 6) is -0.164. The minimum Gasteiger partial charge on any atom is -0.460 e. The van der Waals surface area contributed by atoms with Crippen LogP contribution in [0.25, 0.3) is 0 Å². The Labute approximate surface area is 108 Å². The Morgan fingerprint density at radius 2 is 2.22 bits per heavy atom. The van der Waals surface area contributed by atoms with Gasteiger partial charge in [-0.3, -0.25) is 4.79 Å². The molecular formula is C13H21N3O2. The van der Waals surface area contributed by atoms with E-state index in [2.05, 4.69) is 10.3 Å². The van der Waals surface area contributed by atoms with Crippen molar-refractivity contribution in [2.75, 3.05) is 13.1 Å². The lowest BCUT2D eigenvalue weighted by Crippen LogP contribution is -2.31. The van der Waals surface area contributed by atoms with Crippen LogP contribution in [0.3, 0.4) is 0 Å². The molecule has 0 saturated carbocycles. The first-order valence-electron chi connectivity index (χ1n) is 6.28. The Hall–Kier alpha value is -1.36. The normalized spacial score (nSPS) is 24.2. The van der Waals surface area contributed by atoms with Gasteiger partial charge in [0, 0.05) is 32.3 Å². The number of carbonyl (C=O) groups excluding carboxylic acids is 1. The maximum absolute atomic E-state index is 12.2. The molecule has 0 radical (unpaired) electrons. The van der Waals surface area contributed by atoms with Crippen LogP contribution in [-0.4, -0.2) is 34.2 Å². The minimum absolute atomic E-state index is 0.112. The Bertz CT molecular complexity index is 434. The maximum atomic E-state index is 12.2. The fourth-order valence-corrected chi connectivity index (χ4v) is 2.24. The molecule has 0 bridgehead atoms. The second kappa shape index (κ2) is 4.72. The first-order chi connectivity index (χ1) is 8.37. The van der Waals surface area contributed by atoms with E-state index in [0.29, 0.717) is 6.54 Å². The van der Waals surface area contributed by atoms with E-state index in [1.165, 1.54) is 0 Å². The molecule has 0 amide bonds. The summed E-state index contributed by atoms with van der Waals surface area (Å²) in [6.07, 6.45) is 3.73. The summed E-state index contributed by atoms with van der Waals surface area (Å²) in [6, 6.07) is 0. The number of esters is 1. The Kier molecular flexibility index (Phi) is 3.43. The number of nitrogens with zero attached hydrogens (tertiary/aromatic N) is 2. The summed E-state index contributed by atoms with van der Waals surface area (Å²) < 4.78 is 7.37. The van der Waals surface area contributed by atoms with Crippen molar-refractivity contribution in [3.05, 3.63) is 18.2 Å². The van der Waals surface area contributed by atoms with Crippen molar-refractivity contribution >= 4 is 5.97 Å². The molecule has 1 N–H and O–H groups in total. The quantitative estimate of drug-likeness (QED) is 0.799. The van der Waals surface area contributed by atoms with Gasteiger partial charge in [-0.05, 0) is 20.8 Å². The van der Waals surface area contributed by atoms with E-state index < -0.39 is 5.60 Å². The highest BCUT2D eigenvalue weighted by atomic mass is 16.6. The predicted molar refractivity (Wildman–Crippen MR) is 68.2 cm³/mol. The van der Waals surface area contributed by atoms with Crippen LogP contribution in [0, 0.1) is 5.92 Å². The molecular weight excluding hydrogens is 230 g/mol. The Morgan fingerprint density at radius 3 is 2.78 bits per heavy atom. The van der Waals surface area contributed by atoms with Crippen LogP contribution < -0.4 is 5.32 Å². The summed E-state index contributed by atoms with van der Waals surface area (Å²) in [6.45, 7) is 7.12. The first-order valence-corrected chi connectivity index (χ1v) is 6.28. The van der Waals surface area contributed by atoms with Gasteiger partial charge in [0.1, 0.15) is 5.60 Å². The summed E-state index contributed by atoms with van der Waals surface area (Å²) in [5.41, 5.74) is 0.521. The zero-order chi connectivity index (χ0) is 13.3. The van der Waals surface area contributed by atoms with E-state index in [4.69, 9.17) is 4.74 Å². The molecule has 1 aromatic heterocycles. The summed E-state index contributed by atoms with van der Waals surface area (Å²) >= 11 is 0. The number of aromatic nitrogens is 2. The van der Waals surface area contributed by atoms with Gasteiger partial charge in [0.15, 0.2) is 0 Å². The third-order valence-electron chi connectivity index (χ3n) is 3.03. The Morgan fingerprint density at radius 1 is 1.50 bits per heavy atom. The molecule has 1 aliphatic rings. The molecule has 0 spiro atoms. The molecule has 100 valence electrons. The second-order valence-corrected chi connectivity index (χ2v) is 5.87. The smallest absolute Gasteiger partial charge is 0.311 e. The van der Waals surface area contributed by atoms with Gasteiger partial charge in [-0.1, -0.05) is 0 Å². The molecule has 1 saturated heterocycles. The lowest BCUT2D eigenvalue weighted by atomic mass is 9.93. The fraction of sp³-hybridized carbons (Fsp3) is 0.692. The van der Waals surface area contributed by atoms with Crippen molar-refractivity contribution in [3.8, 4) is 0 Å². The van der Waals surface area contributed by atoms with Crippen molar-refractivity contribution in [2.24, 2.45) is 13.0 Å². The molecule has 18 heavy (non-hydrogen) atoms. The van der Waals surface area contributed by atoms with Gasteiger partial charge < -0.3 is 14.6 Å². The minimum atomic E-state index is -0.436. The van der Waals surface area contributed by atoms with Crippen LogP contribution in [-0.2, 0) is 16.6 Å². The average molecular weight is 251 g/mol. The number of nitrogens with one attached hydrogen (secondary N) is 1. The van der Waals surface area contributed by atoms with E-state index in [1.54, 1.807) is 6.33 Å². The monoisotopic (exact) mass is 251 g/mol. The number of ether oxygens (including phenoxy) is 1. The highest BCUT2D eigenvalue weighted by Crippen LogP contribution is 2.29. The van der Waals surface area contributed by atoms with Crippen LogP contribution in [0.1, 0.15) is 32.4 Å². The number of hydrogen-bond donors (Lipinski definition) is 1. The lowest BCUT2D eigenvalue weighted by Gasteiger charge is -2.23. The third kappa shape index (κ3) is 2.90. The van der Waals surface area contributed by atoms with Crippen molar-refractivity contribution in [3.63, 3.8) is 0 Å². The van der Waals surface area contributed by atoms with Gasteiger partial charge in [0.25, 0.3) is 0 Å². The van der Waals surface area contributed by atoms with Crippen molar-refractivity contribution in [2.45, 2.75) is 32.3 Å². The van der Waals surface area contributed by atoms with Crippen molar-refractivity contribution in [1.29, 1.82) is 0 Å². The average Bonchev–Trinajstić information content (AvgIpc) is 2.81. The van der Waals surface area contributed by atoms with Crippen LogP contribution in [0.4, 0.5) is 0 Å². The van der Waals surface area contributed by atoms with E-state index >= 15 is 0 Å². The SMILES string of the molecule is Cn1cnc(C2CNCC2C(=O)OC(C)(C)C)c1. The largest absolute Gasteiger partial charge is 0.460 e. The van der Waals surface area contributed by atoms with Crippen molar-refractivity contribution < 1.29 is 9.53 Å². The molecule has 2 atom stereocenters. The second-order valence-electron chi connectivity index (χ2n) is 5.87. The van der Waals surface area contributed by atoms with Crippen LogP contribution in [0.5, 0.6) is 0 Å².